The standard InChI is InChI=1S/C24H29N5O3/c1-16(2)14-17-8-6-9-18-23(17)28-21(26-18)15-29-13-7-10-19(24(29)32)27-22(31)12-5-3-4-11-20(25)30/h4,6-11,13,16H,3,5,12,14-15H2,1-2H3,(H2,25,30)(H,26,28)(H,27,31)/b11-4+. The van der Waals surface area contributed by atoms with Crippen molar-refractivity contribution in [3.8, 4) is 0 Å². The highest BCUT2D eigenvalue weighted by molar-refractivity contribution is 5.90. The zero-order valence-corrected chi connectivity index (χ0v) is 18.4. The molecule has 0 spiro atoms. The number of amides is 2. The summed E-state index contributed by atoms with van der Waals surface area (Å²) in [6.45, 7) is 4.61. The fourth-order valence-electron chi connectivity index (χ4n) is 3.53. The number of hydrogen-bond acceptors (Lipinski definition) is 4. The first-order valence-electron chi connectivity index (χ1n) is 10.7. The molecule has 0 saturated carbocycles. The van der Waals surface area contributed by atoms with Gasteiger partial charge in [0.15, 0.2) is 0 Å². The number of carbonyl (C=O) groups excluding carboxylic acids is 2. The van der Waals surface area contributed by atoms with Crippen molar-refractivity contribution >= 4 is 28.5 Å². The van der Waals surface area contributed by atoms with Crippen LogP contribution in [-0.4, -0.2) is 26.3 Å². The molecule has 1 aromatic carbocycles. The number of pyridine rings is 1. The monoisotopic (exact) mass is 435 g/mol. The van der Waals surface area contributed by atoms with Gasteiger partial charge in [-0.05, 0) is 55.0 Å². The number of benzene rings is 1. The third-order valence-corrected chi connectivity index (χ3v) is 4.94. The number of rotatable bonds is 10. The summed E-state index contributed by atoms with van der Waals surface area (Å²) < 4.78 is 1.52. The Morgan fingerprint density at radius 1 is 1.25 bits per heavy atom. The van der Waals surface area contributed by atoms with Gasteiger partial charge >= 0.3 is 0 Å². The van der Waals surface area contributed by atoms with Gasteiger partial charge in [-0.2, -0.15) is 0 Å². The smallest absolute Gasteiger partial charge is 0.274 e. The lowest BCUT2D eigenvalue weighted by atomic mass is 10.0. The van der Waals surface area contributed by atoms with Gasteiger partial charge < -0.3 is 20.6 Å². The lowest BCUT2D eigenvalue weighted by Gasteiger charge is -2.08. The number of nitrogens with one attached hydrogen (secondary N) is 2. The Balaban J connectivity index is 1.69. The average molecular weight is 436 g/mol. The fraction of sp³-hybridized carbons (Fsp3) is 0.333. The van der Waals surface area contributed by atoms with Crippen LogP contribution < -0.4 is 16.6 Å². The van der Waals surface area contributed by atoms with Crippen molar-refractivity contribution in [1.82, 2.24) is 14.5 Å². The van der Waals surface area contributed by atoms with E-state index >= 15 is 0 Å². The Bertz CT molecular complexity index is 1190. The van der Waals surface area contributed by atoms with Crippen molar-refractivity contribution in [2.24, 2.45) is 11.7 Å². The lowest BCUT2D eigenvalue weighted by Crippen LogP contribution is -2.26. The number of aromatic nitrogens is 3. The van der Waals surface area contributed by atoms with E-state index in [0.717, 1.165) is 17.5 Å². The molecule has 32 heavy (non-hydrogen) atoms. The van der Waals surface area contributed by atoms with Crippen LogP contribution in [0.25, 0.3) is 11.0 Å². The summed E-state index contributed by atoms with van der Waals surface area (Å²) in [4.78, 5) is 43.7. The second-order valence-corrected chi connectivity index (χ2v) is 8.19. The Kier molecular flexibility index (Phi) is 7.59. The minimum Gasteiger partial charge on any atom is -0.366 e. The molecular formula is C24H29N5O3. The number of primary amides is 1. The highest BCUT2D eigenvalue weighted by Crippen LogP contribution is 2.20. The van der Waals surface area contributed by atoms with Gasteiger partial charge in [-0.1, -0.05) is 32.1 Å². The van der Waals surface area contributed by atoms with Gasteiger partial charge in [0, 0.05) is 12.6 Å². The molecule has 0 fully saturated rings. The molecule has 0 aliphatic carbocycles. The van der Waals surface area contributed by atoms with Crippen molar-refractivity contribution in [2.75, 3.05) is 5.32 Å². The highest BCUT2D eigenvalue weighted by atomic mass is 16.2. The first-order valence-corrected chi connectivity index (χ1v) is 10.7. The Morgan fingerprint density at radius 3 is 2.81 bits per heavy atom. The highest BCUT2D eigenvalue weighted by Gasteiger charge is 2.12. The van der Waals surface area contributed by atoms with E-state index in [4.69, 9.17) is 10.7 Å². The molecule has 3 aromatic rings. The molecule has 0 atom stereocenters. The molecule has 0 radical (unpaired) electrons. The summed E-state index contributed by atoms with van der Waals surface area (Å²) in [5.41, 5.74) is 8.01. The van der Waals surface area contributed by atoms with Gasteiger partial charge in [0.1, 0.15) is 11.5 Å². The number of anilines is 1. The molecule has 3 rings (SSSR count). The molecule has 0 saturated heterocycles. The number of nitrogens with zero attached hydrogens (tertiary/aromatic N) is 2. The van der Waals surface area contributed by atoms with E-state index in [2.05, 4.69) is 30.2 Å². The van der Waals surface area contributed by atoms with Crippen molar-refractivity contribution in [3.05, 3.63) is 70.4 Å². The maximum Gasteiger partial charge on any atom is 0.274 e. The van der Waals surface area contributed by atoms with E-state index in [1.165, 1.54) is 16.2 Å². The summed E-state index contributed by atoms with van der Waals surface area (Å²) in [6.07, 6.45) is 6.85. The van der Waals surface area contributed by atoms with E-state index < -0.39 is 5.91 Å². The molecule has 0 aliphatic heterocycles. The second-order valence-electron chi connectivity index (χ2n) is 8.19. The number of unbranched alkanes of at least 4 members (excludes halogenated alkanes) is 1. The van der Waals surface area contributed by atoms with Crippen molar-refractivity contribution < 1.29 is 9.59 Å². The molecule has 0 aliphatic rings. The average Bonchev–Trinajstić information content (AvgIpc) is 3.14. The fourth-order valence-corrected chi connectivity index (χ4v) is 3.53. The Labute approximate surface area is 186 Å². The molecule has 2 aromatic heterocycles. The molecular weight excluding hydrogens is 406 g/mol. The van der Waals surface area contributed by atoms with Crippen molar-refractivity contribution in [3.63, 3.8) is 0 Å². The molecule has 168 valence electrons. The van der Waals surface area contributed by atoms with Crippen LogP contribution in [0.5, 0.6) is 0 Å². The number of fused-ring (bicyclic) bond motifs is 1. The van der Waals surface area contributed by atoms with Crippen LogP contribution in [0, 0.1) is 5.92 Å². The van der Waals surface area contributed by atoms with Gasteiger partial charge in [-0.3, -0.25) is 14.4 Å². The van der Waals surface area contributed by atoms with Crippen LogP contribution in [-0.2, 0) is 22.6 Å². The number of carbonyl (C=O) groups is 2. The maximum atomic E-state index is 12.8. The zero-order valence-electron chi connectivity index (χ0n) is 18.4. The Hall–Kier alpha value is -3.68. The second kappa shape index (κ2) is 10.6. The first-order chi connectivity index (χ1) is 15.3. The molecule has 0 unspecified atom stereocenters. The van der Waals surface area contributed by atoms with Crippen LogP contribution in [0.2, 0.25) is 0 Å². The SMILES string of the molecule is CC(C)Cc1cccc2[nH]c(Cn3cccc(NC(=O)CCC/C=C/C(N)=O)c3=O)nc12. The largest absolute Gasteiger partial charge is 0.366 e. The number of aromatic amines is 1. The van der Waals surface area contributed by atoms with Gasteiger partial charge in [0.05, 0.1) is 17.6 Å². The summed E-state index contributed by atoms with van der Waals surface area (Å²) in [6, 6.07) is 9.38. The molecule has 8 nitrogen and oxygen atoms in total. The predicted octanol–water partition coefficient (Wildman–Crippen LogP) is 3.12. The van der Waals surface area contributed by atoms with Gasteiger partial charge in [0.2, 0.25) is 11.8 Å². The molecule has 2 heterocycles. The first kappa shape index (κ1) is 23.0. The van der Waals surface area contributed by atoms with E-state index in [9.17, 15) is 14.4 Å². The van der Waals surface area contributed by atoms with Gasteiger partial charge in [-0.25, -0.2) is 4.98 Å². The Morgan fingerprint density at radius 2 is 2.06 bits per heavy atom. The minimum absolute atomic E-state index is 0.224. The number of para-hydroxylation sites is 1. The number of hydrogen-bond donors (Lipinski definition) is 3. The van der Waals surface area contributed by atoms with E-state index in [1.807, 2.05) is 12.1 Å². The van der Waals surface area contributed by atoms with Gasteiger partial charge in [-0.15, -0.1) is 0 Å². The van der Waals surface area contributed by atoms with E-state index in [-0.39, 0.29) is 30.1 Å². The lowest BCUT2D eigenvalue weighted by molar-refractivity contribution is -0.116. The van der Waals surface area contributed by atoms with Gasteiger partial charge in [0.25, 0.3) is 5.56 Å². The molecule has 8 heteroatoms. The summed E-state index contributed by atoms with van der Waals surface area (Å²) >= 11 is 0. The normalized spacial score (nSPS) is 11.5. The van der Waals surface area contributed by atoms with Crippen LogP contribution in [0.4, 0.5) is 5.69 Å². The van der Waals surface area contributed by atoms with Crippen LogP contribution in [0.15, 0.2) is 53.5 Å². The molecule has 2 amide bonds. The predicted molar refractivity (Wildman–Crippen MR) is 125 cm³/mol. The summed E-state index contributed by atoms with van der Waals surface area (Å²) in [5, 5.41) is 2.67. The third-order valence-electron chi connectivity index (χ3n) is 4.94. The van der Waals surface area contributed by atoms with Crippen LogP contribution >= 0.6 is 0 Å². The number of imidazole rings is 1. The molecule has 4 N–H and O–H groups in total. The number of allylic oxidation sites excluding steroid dienone is 1. The minimum atomic E-state index is -0.514. The zero-order chi connectivity index (χ0) is 23.1. The maximum absolute atomic E-state index is 12.8. The van der Waals surface area contributed by atoms with E-state index in [0.29, 0.717) is 24.6 Å². The van der Waals surface area contributed by atoms with Crippen LogP contribution in [0.3, 0.4) is 0 Å². The quantitative estimate of drug-likeness (QED) is 0.334. The van der Waals surface area contributed by atoms with Crippen molar-refractivity contribution in [1.29, 1.82) is 0 Å². The number of H-pyrrole nitrogens is 1. The van der Waals surface area contributed by atoms with Crippen molar-refractivity contribution in [2.45, 2.75) is 46.1 Å². The summed E-state index contributed by atoms with van der Waals surface area (Å²) in [7, 11) is 0. The third kappa shape index (κ3) is 6.16. The topological polar surface area (TPSA) is 123 Å². The summed E-state index contributed by atoms with van der Waals surface area (Å²) in [5.74, 6) is 0.431. The van der Waals surface area contributed by atoms with Crippen LogP contribution in [0.1, 0.15) is 44.5 Å². The number of nitrogens with two attached hydrogens (primary N) is 1. The molecule has 0 bridgehead atoms. The van der Waals surface area contributed by atoms with E-state index in [1.54, 1.807) is 24.4 Å².